The number of carbonyl (C=O) groups excluding carboxylic acids is 1. The third-order valence-corrected chi connectivity index (χ3v) is 3.39. The molecule has 0 atom stereocenters. The van der Waals surface area contributed by atoms with Crippen LogP contribution in [0.2, 0.25) is 0 Å². The molecule has 4 heteroatoms. The number of aldehydes is 1. The molecule has 0 saturated carbocycles. The van der Waals surface area contributed by atoms with Crippen molar-refractivity contribution in [2.24, 2.45) is 0 Å². The van der Waals surface area contributed by atoms with Crippen molar-refractivity contribution in [1.29, 1.82) is 0 Å². The maximum absolute atomic E-state index is 11.0. The first-order valence-corrected chi connectivity index (χ1v) is 9.24. The molecule has 0 N–H and O–H groups in total. The van der Waals surface area contributed by atoms with Gasteiger partial charge in [-0.15, -0.1) is 0 Å². The van der Waals surface area contributed by atoms with Gasteiger partial charge in [0, 0.05) is 6.42 Å². The number of hydrogen-bond donors (Lipinski definition) is 0. The van der Waals surface area contributed by atoms with Crippen LogP contribution in [0.1, 0.15) is 58.3 Å². The minimum absolute atomic E-state index is 0.237. The lowest BCUT2D eigenvalue weighted by molar-refractivity contribution is -0.427. The summed E-state index contributed by atoms with van der Waals surface area (Å²) >= 11 is 0. The Bertz CT molecular complexity index is 552. The second kappa shape index (κ2) is 18.8. The summed E-state index contributed by atoms with van der Waals surface area (Å²) in [5, 5.41) is 11.0. The molecule has 0 fully saturated rings. The van der Waals surface area contributed by atoms with E-state index in [4.69, 9.17) is 0 Å². The standard InChI is InChI=1S/C22H31NO3/c1-2-3-4-5-13-16-19-22(23(25)26)20-17-14-11-9-7-6-8-10-12-15-18-21-24/h3-4,6-7,10-14,16,20-21H,2,5,8-9,15,17-19H2,1H3/b4-3-,7-6-,12-10-,14-11-,16-13-,22-20+. The van der Waals surface area contributed by atoms with E-state index in [9.17, 15) is 14.9 Å². The van der Waals surface area contributed by atoms with Crippen molar-refractivity contribution >= 4 is 6.29 Å². The summed E-state index contributed by atoms with van der Waals surface area (Å²) in [6, 6.07) is 0. The van der Waals surface area contributed by atoms with Crippen LogP contribution in [0.5, 0.6) is 0 Å². The van der Waals surface area contributed by atoms with Crippen LogP contribution in [0.3, 0.4) is 0 Å². The highest BCUT2D eigenvalue weighted by atomic mass is 16.6. The van der Waals surface area contributed by atoms with Crippen molar-refractivity contribution in [3.63, 3.8) is 0 Å². The van der Waals surface area contributed by atoms with Gasteiger partial charge in [0.25, 0.3) is 0 Å². The third-order valence-electron chi connectivity index (χ3n) is 3.39. The van der Waals surface area contributed by atoms with Gasteiger partial charge in [-0.05, 0) is 44.6 Å². The average Bonchev–Trinajstić information content (AvgIpc) is 2.63. The van der Waals surface area contributed by atoms with Gasteiger partial charge in [0.05, 0.1) is 11.3 Å². The fourth-order valence-electron chi connectivity index (χ4n) is 2.00. The average molecular weight is 357 g/mol. The zero-order valence-electron chi connectivity index (χ0n) is 15.8. The topological polar surface area (TPSA) is 60.2 Å². The predicted octanol–water partition coefficient (Wildman–Crippen LogP) is 6.27. The van der Waals surface area contributed by atoms with Gasteiger partial charge in [0.15, 0.2) is 0 Å². The van der Waals surface area contributed by atoms with Crippen LogP contribution < -0.4 is 0 Å². The zero-order chi connectivity index (χ0) is 19.3. The zero-order valence-corrected chi connectivity index (χ0v) is 15.8. The first-order chi connectivity index (χ1) is 12.7. The van der Waals surface area contributed by atoms with Crippen LogP contribution in [0.4, 0.5) is 0 Å². The molecule has 0 radical (unpaired) electrons. The largest absolute Gasteiger partial charge is 0.303 e. The molecule has 0 heterocycles. The first kappa shape index (κ1) is 23.5. The molecule has 0 aliphatic carbocycles. The Kier molecular flexibility index (Phi) is 17.0. The van der Waals surface area contributed by atoms with E-state index in [-0.39, 0.29) is 10.6 Å². The molecule has 0 aromatic carbocycles. The summed E-state index contributed by atoms with van der Waals surface area (Å²) in [6.07, 6.45) is 28.5. The van der Waals surface area contributed by atoms with E-state index in [0.717, 1.165) is 38.4 Å². The normalized spacial score (nSPS) is 13.2. The molecule has 0 spiro atoms. The molecule has 0 saturated heterocycles. The maximum atomic E-state index is 11.0. The molecule has 0 unspecified atom stereocenters. The van der Waals surface area contributed by atoms with Gasteiger partial charge in [-0.1, -0.05) is 67.7 Å². The number of nitro groups is 1. The Balaban J connectivity index is 4.05. The van der Waals surface area contributed by atoms with Crippen molar-refractivity contribution in [1.82, 2.24) is 0 Å². The summed E-state index contributed by atoms with van der Waals surface area (Å²) in [5.74, 6) is 0. The van der Waals surface area contributed by atoms with Crippen molar-refractivity contribution in [2.75, 3.05) is 0 Å². The fraction of sp³-hybridized carbons (Fsp3) is 0.409. The van der Waals surface area contributed by atoms with E-state index in [1.807, 2.05) is 36.5 Å². The van der Waals surface area contributed by atoms with E-state index >= 15 is 0 Å². The Morgan fingerprint density at radius 1 is 0.769 bits per heavy atom. The molecule has 0 aromatic rings. The summed E-state index contributed by atoms with van der Waals surface area (Å²) in [4.78, 5) is 20.9. The molecule has 0 aliphatic heterocycles. The Morgan fingerprint density at radius 2 is 1.31 bits per heavy atom. The lowest BCUT2D eigenvalue weighted by atomic mass is 10.2. The fourth-order valence-corrected chi connectivity index (χ4v) is 2.00. The van der Waals surface area contributed by atoms with Crippen LogP contribution in [-0.2, 0) is 4.79 Å². The molecule has 0 aromatic heterocycles. The van der Waals surface area contributed by atoms with E-state index in [0.29, 0.717) is 19.3 Å². The lowest BCUT2D eigenvalue weighted by Gasteiger charge is -1.93. The predicted molar refractivity (Wildman–Crippen MR) is 109 cm³/mol. The highest BCUT2D eigenvalue weighted by Crippen LogP contribution is 2.06. The summed E-state index contributed by atoms with van der Waals surface area (Å²) < 4.78 is 0. The van der Waals surface area contributed by atoms with Crippen molar-refractivity contribution in [3.8, 4) is 0 Å². The highest BCUT2D eigenvalue weighted by Gasteiger charge is 2.06. The maximum Gasteiger partial charge on any atom is 0.246 e. The molecule has 0 bridgehead atoms. The monoisotopic (exact) mass is 357 g/mol. The Morgan fingerprint density at radius 3 is 1.88 bits per heavy atom. The van der Waals surface area contributed by atoms with Crippen molar-refractivity contribution in [2.45, 2.75) is 58.3 Å². The van der Waals surface area contributed by atoms with Crippen LogP contribution in [0, 0.1) is 10.1 Å². The summed E-state index contributed by atoms with van der Waals surface area (Å²) in [5.41, 5.74) is 0.237. The van der Waals surface area contributed by atoms with Gasteiger partial charge in [0.2, 0.25) is 5.70 Å². The van der Waals surface area contributed by atoms with Gasteiger partial charge in [-0.25, -0.2) is 0 Å². The van der Waals surface area contributed by atoms with Crippen LogP contribution >= 0.6 is 0 Å². The minimum atomic E-state index is -0.309. The third kappa shape index (κ3) is 16.4. The van der Waals surface area contributed by atoms with Crippen LogP contribution in [0.15, 0.2) is 72.5 Å². The summed E-state index contributed by atoms with van der Waals surface area (Å²) in [7, 11) is 0. The second-order valence-corrected chi connectivity index (χ2v) is 5.61. The Hall–Kier alpha value is -2.49. The van der Waals surface area contributed by atoms with E-state index in [2.05, 4.69) is 31.2 Å². The van der Waals surface area contributed by atoms with E-state index in [1.54, 1.807) is 6.08 Å². The van der Waals surface area contributed by atoms with Gasteiger partial charge in [-0.3, -0.25) is 10.1 Å². The number of unbranched alkanes of at least 4 members (excludes halogenated alkanes) is 1. The number of rotatable bonds is 15. The molecule has 0 rings (SSSR count). The van der Waals surface area contributed by atoms with E-state index < -0.39 is 0 Å². The second-order valence-electron chi connectivity index (χ2n) is 5.61. The van der Waals surface area contributed by atoms with Gasteiger partial charge < -0.3 is 4.79 Å². The molecule has 4 nitrogen and oxygen atoms in total. The number of hydrogen-bond acceptors (Lipinski definition) is 3. The van der Waals surface area contributed by atoms with Gasteiger partial charge in [0.1, 0.15) is 6.29 Å². The molecular formula is C22H31NO3. The van der Waals surface area contributed by atoms with Gasteiger partial charge in [-0.2, -0.15) is 0 Å². The lowest BCUT2D eigenvalue weighted by Crippen LogP contribution is -1.97. The molecule has 26 heavy (non-hydrogen) atoms. The quantitative estimate of drug-likeness (QED) is 0.114. The SMILES string of the molecule is CC/C=C\C/C=C\C/C(=C\C/C=C\C/C=C\C/C=C\CCC=O)[N+](=O)[O-]. The van der Waals surface area contributed by atoms with Crippen molar-refractivity contribution < 1.29 is 9.72 Å². The molecule has 0 aliphatic rings. The summed E-state index contributed by atoms with van der Waals surface area (Å²) in [6.45, 7) is 2.08. The van der Waals surface area contributed by atoms with Crippen LogP contribution in [0.25, 0.3) is 0 Å². The minimum Gasteiger partial charge on any atom is -0.303 e. The number of allylic oxidation sites excluding steroid dienone is 11. The first-order valence-electron chi connectivity index (χ1n) is 9.24. The van der Waals surface area contributed by atoms with E-state index in [1.165, 1.54) is 0 Å². The Labute approximate surface area is 157 Å². The smallest absolute Gasteiger partial charge is 0.246 e. The molecule has 142 valence electrons. The molecule has 0 amide bonds. The number of nitrogens with zero attached hydrogens (tertiary/aromatic N) is 1. The molecular weight excluding hydrogens is 326 g/mol. The van der Waals surface area contributed by atoms with Crippen LogP contribution in [-0.4, -0.2) is 11.2 Å². The van der Waals surface area contributed by atoms with Gasteiger partial charge >= 0.3 is 0 Å². The van der Waals surface area contributed by atoms with Crippen molar-refractivity contribution in [3.05, 3.63) is 82.6 Å². The highest BCUT2D eigenvalue weighted by molar-refractivity contribution is 5.49. The number of carbonyl (C=O) groups is 1.